The second-order valence-corrected chi connectivity index (χ2v) is 6.76. The van der Waals surface area contributed by atoms with E-state index in [1.165, 1.54) is 0 Å². The zero-order valence-corrected chi connectivity index (χ0v) is 16.5. The highest BCUT2D eigenvalue weighted by Gasteiger charge is 2.17. The van der Waals surface area contributed by atoms with Crippen LogP contribution in [-0.4, -0.2) is 41.4 Å². The van der Waals surface area contributed by atoms with Crippen LogP contribution in [0.1, 0.15) is 18.4 Å². The SMILES string of the molecule is COc1cncc(Nc2nccc(-c3ccc(OC4CCOCC4)c(C#N)c3)n2)c1. The summed E-state index contributed by atoms with van der Waals surface area (Å²) in [5, 5.41) is 12.7. The Labute approximate surface area is 174 Å². The number of aromatic nitrogens is 3. The summed E-state index contributed by atoms with van der Waals surface area (Å²) in [5.74, 6) is 1.64. The van der Waals surface area contributed by atoms with E-state index in [0.717, 1.165) is 18.4 Å². The van der Waals surface area contributed by atoms with Crippen molar-refractivity contribution in [3.8, 4) is 28.8 Å². The minimum atomic E-state index is 0.0722. The number of nitriles is 1. The first-order valence-electron chi connectivity index (χ1n) is 9.63. The summed E-state index contributed by atoms with van der Waals surface area (Å²) in [6.45, 7) is 1.37. The lowest BCUT2D eigenvalue weighted by Gasteiger charge is -2.23. The lowest BCUT2D eigenvalue weighted by atomic mass is 10.1. The summed E-state index contributed by atoms with van der Waals surface area (Å²) in [7, 11) is 1.58. The molecule has 8 nitrogen and oxygen atoms in total. The van der Waals surface area contributed by atoms with Gasteiger partial charge in [-0.1, -0.05) is 0 Å². The van der Waals surface area contributed by atoms with E-state index in [-0.39, 0.29) is 6.10 Å². The van der Waals surface area contributed by atoms with Crippen LogP contribution in [0, 0.1) is 11.3 Å². The predicted molar refractivity (Wildman–Crippen MR) is 111 cm³/mol. The van der Waals surface area contributed by atoms with Crippen LogP contribution in [0.2, 0.25) is 0 Å². The van der Waals surface area contributed by atoms with Gasteiger partial charge in [-0.2, -0.15) is 5.26 Å². The predicted octanol–water partition coefficient (Wildman–Crippen LogP) is 3.72. The number of methoxy groups -OCH3 is 1. The normalized spacial score (nSPS) is 14.0. The maximum absolute atomic E-state index is 9.60. The summed E-state index contributed by atoms with van der Waals surface area (Å²) in [4.78, 5) is 12.9. The van der Waals surface area contributed by atoms with Crippen LogP contribution in [0.3, 0.4) is 0 Å². The van der Waals surface area contributed by atoms with E-state index in [0.29, 0.717) is 47.6 Å². The molecule has 1 aromatic carbocycles. The quantitative estimate of drug-likeness (QED) is 0.664. The number of hydrogen-bond acceptors (Lipinski definition) is 8. The maximum Gasteiger partial charge on any atom is 0.227 e. The van der Waals surface area contributed by atoms with Gasteiger partial charge in [0.05, 0.1) is 49.7 Å². The van der Waals surface area contributed by atoms with E-state index in [1.807, 2.05) is 12.1 Å². The molecule has 2 aromatic heterocycles. The van der Waals surface area contributed by atoms with Crippen molar-refractivity contribution in [2.75, 3.05) is 25.6 Å². The molecule has 0 amide bonds. The van der Waals surface area contributed by atoms with Crippen LogP contribution in [0.15, 0.2) is 48.9 Å². The number of rotatable bonds is 6. The summed E-state index contributed by atoms with van der Waals surface area (Å²) in [6.07, 6.45) is 6.67. The number of benzene rings is 1. The lowest BCUT2D eigenvalue weighted by molar-refractivity contribution is 0.0254. The highest BCUT2D eigenvalue weighted by atomic mass is 16.5. The van der Waals surface area contributed by atoms with Crippen LogP contribution < -0.4 is 14.8 Å². The van der Waals surface area contributed by atoms with Crippen molar-refractivity contribution < 1.29 is 14.2 Å². The molecule has 1 saturated heterocycles. The second-order valence-electron chi connectivity index (χ2n) is 6.76. The standard InChI is InChI=1S/C22H21N5O3/c1-28-19-11-17(13-24-14-19)26-22-25-7-4-20(27-22)15-2-3-21(16(10-15)12-23)30-18-5-8-29-9-6-18/h2-4,7,10-11,13-14,18H,5-6,8-9H2,1H3,(H,25,26,27). The molecule has 0 spiro atoms. The molecule has 0 unspecified atom stereocenters. The molecular weight excluding hydrogens is 382 g/mol. The summed E-state index contributed by atoms with van der Waals surface area (Å²) in [6, 6.07) is 11.3. The van der Waals surface area contributed by atoms with Gasteiger partial charge in [-0.15, -0.1) is 0 Å². The van der Waals surface area contributed by atoms with Gasteiger partial charge in [0.2, 0.25) is 5.95 Å². The van der Waals surface area contributed by atoms with Crippen LogP contribution >= 0.6 is 0 Å². The molecule has 3 heterocycles. The average Bonchev–Trinajstić information content (AvgIpc) is 2.80. The molecule has 1 aliphatic rings. The van der Waals surface area contributed by atoms with Crippen molar-refractivity contribution in [1.29, 1.82) is 5.26 Å². The van der Waals surface area contributed by atoms with Crippen LogP contribution in [0.4, 0.5) is 11.6 Å². The Morgan fingerprint density at radius 1 is 1.17 bits per heavy atom. The number of anilines is 2. The minimum Gasteiger partial charge on any atom is -0.495 e. The number of nitrogens with zero attached hydrogens (tertiary/aromatic N) is 4. The fraction of sp³-hybridized carbons (Fsp3) is 0.273. The second kappa shape index (κ2) is 9.20. The number of nitrogens with one attached hydrogen (secondary N) is 1. The van der Waals surface area contributed by atoms with Gasteiger partial charge in [0.25, 0.3) is 0 Å². The van der Waals surface area contributed by atoms with Gasteiger partial charge in [0.1, 0.15) is 23.7 Å². The highest BCUT2D eigenvalue weighted by Crippen LogP contribution is 2.28. The third-order valence-electron chi connectivity index (χ3n) is 4.72. The van der Waals surface area contributed by atoms with Gasteiger partial charge in [0.15, 0.2) is 0 Å². The zero-order valence-electron chi connectivity index (χ0n) is 16.5. The molecule has 152 valence electrons. The van der Waals surface area contributed by atoms with Gasteiger partial charge < -0.3 is 19.5 Å². The molecule has 1 aliphatic heterocycles. The first-order valence-corrected chi connectivity index (χ1v) is 9.63. The van der Waals surface area contributed by atoms with Crippen LogP contribution in [-0.2, 0) is 4.74 Å². The number of ether oxygens (including phenoxy) is 3. The largest absolute Gasteiger partial charge is 0.495 e. The summed E-state index contributed by atoms with van der Waals surface area (Å²) >= 11 is 0. The van der Waals surface area contributed by atoms with Crippen molar-refractivity contribution in [1.82, 2.24) is 15.0 Å². The average molecular weight is 403 g/mol. The number of hydrogen-bond donors (Lipinski definition) is 1. The van der Waals surface area contributed by atoms with Crippen molar-refractivity contribution in [3.63, 3.8) is 0 Å². The minimum absolute atomic E-state index is 0.0722. The zero-order chi connectivity index (χ0) is 20.8. The first-order chi connectivity index (χ1) is 14.7. The topological polar surface area (TPSA) is 102 Å². The van der Waals surface area contributed by atoms with E-state index >= 15 is 0 Å². The Hall–Kier alpha value is -3.70. The van der Waals surface area contributed by atoms with Crippen molar-refractivity contribution in [3.05, 3.63) is 54.5 Å². The number of pyridine rings is 1. The Balaban J connectivity index is 1.54. The Morgan fingerprint density at radius 2 is 2.03 bits per heavy atom. The molecule has 8 heteroatoms. The Bertz CT molecular complexity index is 1060. The van der Waals surface area contributed by atoms with E-state index in [9.17, 15) is 5.26 Å². The molecule has 0 bridgehead atoms. The van der Waals surface area contributed by atoms with Gasteiger partial charge in [-0.25, -0.2) is 9.97 Å². The fourth-order valence-corrected chi connectivity index (χ4v) is 3.16. The molecule has 0 saturated carbocycles. The van der Waals surface area contributed by atoms with Gasteiger partial charge in [-0.3, -0.25) is 4.98 Å². The highest BCUT2D eigenvalue weighted by molar-refractivity contribution is 5.65. The third-order valence-corrected chi connectivity index (χ3v) is 4.72. The molecule has 0 radical (unpaired) electrons. The summed E-state index contributed by atoms with van der Waals surface area (Å²) in [5.41, 5.74) is 2.69. The molecule has 1 fully saturated rings. The van der Waals surface area contributed by atoms with Gasteiger partial charge in [-0.05, 0) is 24.3 Å². The van der Waals surface area contributed by atoms with E-state index in [2.05, 4.69) is 26.3 Å². The van der Waals surface area contributed by atoms with E-state index in [4.69, 9.17) is 14.2 Å². The molecule has 1 N–H and O–H groups in total. The lowest BCUT2D eigenvalue weighted by Crippen LogP contribution is -2.26. The van der Waals surface area contributed by atoms with Crippen molar-refractivity contribution >= 4 is 11.6 Å². The first kappa shape index (κ1) is 19.6. The Kier molecular flexibility index (Phi) is 6.01. The van der Waals surface area contributed by atoms with E-state index in [1.54, 1.807) is 43.9 Å². The van der Waals surface area contributed by atoms with Gasteiger partial charge in [0, 0.05) is 30.7 Å². The molecule has 0 aliphatic carbocycles. The van der Waals surface area contributed by atoms with Gasteiger partial charge >= 0.3 is 0 Å². The van der Waals surface area contributed by atoms with Crippen molar-refractivity contribution in [2.45, 2.75) is 18.9 Å². The third kappa shape index (κ3) is 4.64. The molecular formula is C22H21N5O3. The fourth-order valence-electron chi connectivity index (χ4n) is 3.16. The maximum atomic E-state index is 9.60. The summed E-state index contributed by atoms with van der Waals surface area (Å²) < 4.78 is 16.6. The van der Waals surface area contributed by atoms with E-state index < -0.39 is 0 Å². The van der Waals surface area contributed by atoms with Crippen LogP contribution in [0.25, 0.3) is 11.3 Å². The Morgan fingerprint density at radius 3 is 2.83 bits per heavy atom. The van der Waals surface area contributed by atoms with Crippen molar-refractivity contribution in [2.24, 2.45) is 0 Å². The molecule has 4 rings (SSSR count). The smallest absolute Gasteiger partial charge is 0.227 e. The molecule has 3 aromatic rings. The molecule has 0 atom stereocenters. The van der Waals surface area contributed by atoms with Crippen LogP contribution in [0.5, 0.6) is 11.5 Å². The molecule has 30 heavy (non-hydrogen) atoms. The monoisotopic (exact) mass is 403 g/mol.